The van der Waals surface area contributed by atoms with Crippen molar-refractivity contribution in [3.63, 3.8) is 0 Å². The van der Waals surface area contributed by atoms with Crippen molar-refractivity contribution >= 4 is 33.7 Å². The van der Waals surface area contributed by atoms with Crippen molar-refractivity contribution in [1.82, 2.24) is 15.2 Å². The second-order valence-electron chi connectivity index (χ2n) is 8.73. The third-order valence-corrected chi connectivity index (χ3v) is 7.79. The van der Waals surface area contributed by atoms with E-state index in [0.29, 0.717) is 5.56 Å². The Morgan fingerprint density at radius 1 is 1.31 bits per heavy atom. The monoisotopic (exact) mass is 421 g/mol. The van der Waals surface area contributed by atoms with Crippen molar-refractivity contribution in [3.05, 3.63) is 35.2 Å². The summed E-state index contributed by atoms with van der Waals surface area (Å²) in [4.78, 5) is 41.5. The van der Waals surface area contributed by atoms with Gasteiger partial charge in [0.15, 0.2) is 21.3 Å². The first-order valence-electron chi connectivity index (χ1n) is 8.97. The standard InChI is InChI=1S/C19H23N3O6S/c1-18(2,3)21-14(23)10-6-7-20-11(8-10)9-12-15(24)22-13(17(25)26)19(4,5)29(27,28)16(12)22/h6-9,13,16H,1-5H3,(H,21,23)(H,25,26)/b12-9-/t13-,16?/m0/s1. The second kappa shape index (κ2) is 6.38. The maximum absolute atomic E-state index is 12.9. The van der Waals surface area contributed by atoms with Crippen LogP contribution in [0.15, 0.2) is 23.9 Å². The molecule has 2 N–H and O–H groups in total. The van der Waals surface area contributed by atoms with Crippen LogP contribution in [0.2, 0.25) is 0 Å². The van der Waals surface area contributed by atoms with Crippen LogP contribution in [0.3, 0.4) is 0 Å². The van der Waals surface area contributed by atoms with E-state index >= 15 is 0 Å². The van der Waals surface area contributed by atoms with Crippen molar-refractivity contribution < 1.29 is 27.9 Å². The van der Waals surface area contributed by atoms with E-state index in [1.54, 1.807) is 0 Å². The smallest absolute Gasteiger partial charge is 0.328 e. The molecule has 0 saturated carbocycles. The number of pyridine rings is 1. The summed E-state index contributed by atoms with van der Waals surface area (Å²) in [7, 11) is -3.96. The Hall–Kier alpha value is -2.75. The molecule has 2 saturated heterocycles. The van der Waals surface area contributed by atoms with Gasteiger partial charge in [-0.1, -0.05) is 0 Å². The Kier molecular flexibility index (Phi) is 4.61. The number of nitrogens with one attached hydrogen (secondary N) is 1. The quantitative estimate of drug-likeness (QED) is 0.545. The largest absolute Gasteiger partial charge is 0.480 e. The van der Waals surface area contributed by atoms with Gasteiger partial charge in [-0.15, -0.1) is 0 Å². The highest BCUT2D eigenvalue weighted by Crippen LogP contribution is 2.48. The predicted molar refractivity (Wildman–Crippen MR) is 104 cm³/mol. The number of nitrogens with zero attached hydrogens (tertiary/aromatic N) is 2. The summed E-state index contributed by atoms with van der Waals surface area (Å²) in [6.45, 7) is 8.12. The number of aromatic nitrogens is 1. The van der Waals surface area contributed by atoms with Crippen LogP contribution in [0.1, 0.15) is 50.7 Å². The molecular formula is C19H23N3O6S. The lowest BCUT2D eigenvalue weighted by atomic mass is 9.95. The van der Waals surface area contributed by atoms with Crippen LogP contribution in [-0.2, 0) is 19.4 Å². The van der Waals surface area contributed by atoms with Gasteiger partial charge >= 0.3 is 5.97 Å². The minimum atomic E-state index is -3.96. The molecule has 0 aliphatic carbocycles. The second-order valence-corrected chi connectivity index (χ2v) is 11.3. The molecule has 2 amide bonds. The highest BCUT2D eigenvalue weighted by atomic mass is 32.2. The maximum Gasteiger partial charge on any atom is 0.328 e. The molecular weight excluding hydrogens is 398 g/mol. The summed E-state index contributed by atoms with van der Waals surface area (Å²) in [5, 5.41) is 10.9. The molecule has 2 atom stereocenters. The number of carbonyl (C=O) groups excluding carboxylic acids is 2. The SMILES string of the molecule is CC(C)(C)NC(=O)c1ccnc(/C=C2/C(=O)N3C2S(=O)(=O)C(C)(C)[C@@H]3C(=O)O)c1. The van der Waals surface area contributed by atoms with Gasteiger partial charge in [0.25, 0.3) is 11.8 Å². The van der Waals surface area contributed by atoms with E-state index in [2.05, 4.69) is 10.3 Å². The van der Waals surface area contributed by atoms with E-state index in [-0.39, 0.29) is 17.2 Å². The van der Waals surface area contributed by atoms with Crippen LogP contribution in [-0.4, -0.2) is 62.9 Å². The Morgan fingerprint density at radius 2 is 1.93 bits per heavy atom. The van der Waals surface area contributed by atoms with E-state index in [9.17, 15) is 27.9 Å². The topological polar surface area (TPSA) is 134 Å². The number of amides is 2. The summed E-state index contributed by atoms with van der Waals surface area (Å²) < 4.78 is 24.1. The van der Waals surface area contributed by atoms with E-state index in [4.69, 9.17) is 0 Å². The molecule has 2 fully saturated rings. The van der Waals surface area contributed by atoms with Crippen LogP contribution >= 0.6 is 0 Å². The molecule has 0 aromatic carbocycles. The maximum atomic E-state index is 12.9. The van der Waals surface area contributed by atoms with Crippen LogP contribution in [0.4, 0.5) is 0 Å². The van der Waals surface area contributed by atoms with Crippen LogP contribution in [0.25, 0.3) is 6.08 Å². The number of carboxylic acids is 1. The number of carbonyl (C=O) groups is 3. The van der Waals surface area contributed by atoms with E-state index in [0.717, 1.165) is 4.90 Å². The van der Waals surface area contributed by atoms with Gasteiger partial charge in [0.1, 0.15) is 4.75 Å². The molecule has 29 heavy (non-hydrogen) atoms. The Morgan fingerprint density at radius 3 is 2.48 bits per heavy atom. The van der Waals surface area contributed by atoms with Gasteiger partial charge in [-0.25, -0.2) is 13.2 Å². The Labute approximate surface area is 168 Å². The molecule has 9 nitrogen and oxygen atoms in total. The third-order valence-electron chi connectivity index (χ3n) is 5.03. The fraction of sp³-hybridized carbons (Fsp3) is 0.474. The van der Waals surface area contributed by atoms with Gasteiger partial charge in [-0.05, 0) is 52.8 Å². The summed E-state index contributed by atoms with van der Waals surface area (Å²) in [5.74, 6) is -2.36. The minimum absolute atomic E-state index is 0.0531. The lowest BCUT2D eigenvalue weighted by molar-refractivity contribution is -0.152. The molecule has 3 rings (SSSR count). The van der Waals surface area contributed by atoms with Gasteiger partial charge in [-0.3, -0.25) is 14.6 Å². The van der Waals surface area contributed by atoms with Gasteiger partial charge in [0, 0.05) is 17.3 Å². The molecule has 10 heteroatoms. The van der Waals surface area contributed by atoms with Crippen molar-refractivity contribution in [2.75, 3.05) is 0 Å². The van der Waals surface area contributed by atoms with Crippen LogP contribution in [0.5, 0.6) is 0 Å². The highest BCUT2D eigenvalue weighted by Gasteiger charge is 2.70. The number of hydrogen-bond donors (Lipinski definition) is 2. The lowest BCUT2D eigenvalue weighted by Gasteiger charge is -2.37. The average Bonchev–Trinajstić information content (AvgIpc) is 2.72. The molecule has 0 spiro atoms. The number of hydrogen-bond acceptors (Lipinski definition) is 6. The number of sulfone groups is 1. The first-order chi connectivity index (χ1) is 13.2. The number of aliphatic carboxylic acids is 1. The van der Waals surface area contributed by atoms with E-state index < -0.39 is 43.4 Å². The fourth-order valence-electron chi connectivity index (χ4n) is 3.58. The fourth-order valence-corrected chi connectivity index (χ4v) is 5.70. The van der Waals surface area contributed by atoms with Crippen LogP contribution < -0.4 is 5.32 Å². The van der Waals surface area contributed by atoms with Gasteiger partial charge in [-0.2, -0.15) is 0 Å². The summed E-state index contributed by atoms with van der Waals surface area (Å²) >= 11 is 0. The highest BCUT2D eigenvalue weighted by molar-refractivity contribution is 7.94. The molecule has 156 valence electrons. The molecule has 1 aromatic rings. The lowest BCUT2D eigenvalue weighted by Crippen LogP contribution is -2.58. The van der Waals surface area contributed by atoms with Gasteiger partial charge in [0.05, 0.1) is 11.3 Å². The molecule has 1 aromatic heterocycles. The Bertz CT molecular complexity index is 1050. The van der Waals surface area contributed by atoms with Crippen molar-refractivity contribution in [2.45, 2.75) is 56.3 Å². The van der Waals surface area contributed by atoms with Crippen molar-refractivity contribution in [1.29, 1.82) is 0 Å². The predicted octanol–water partition coefficient (Wildman–Crippen LogP) is 0.822. The first kappa shape index (κ1) is 21.0. The van der Waals surface area contributed by atoms with E-state index in [1.807, 2.05) is 20.8 Å². The molecule has 0 bridgehead atoms. The third kappa shape index (κ3) is 3.21. The summed E-state index contributed by atoms with van der Waals surface area (Å²) in [6, 6.07) is 1.50. The number of β-lactam (4-membered cyclic amide) rings is 1. The zero-order valence-electron chi connectivity index (χ0n) is 16.8. The normalized spacial score (nSPS) is 26.0. The van der Waals surface area contributed by atoms with Gasteiger partial charge in [0.2, 0.25) is 0 Å². The minimum Gasteiger partial charge on any atom is -0.480 e. The molecule has 1 unspecified atom stereocenters. The molecule has 2 aliphatic rings. The number of rotatable bonds is 3. The molecule has 3 heterocycles. The summed E-state index contributed by atoms with van der Waals surface area (Å²) in [6.07, 6.45) is 2.69. The molecule has 2 aliphatic heterocycles. The number of fused-ring (bicyclic) bond motifs is 1. The van der Waals surface area contributed by atoms with Crippen LogP contribution in [0, 0.1) is 0 Å². The van der Waals surface area contributed by atoms with Crippen molar-refractivity contribution in [2.24, 2.45) is 0 Å². The summed E-state index contributed by atoms with van der Waals surface area (Å²) in [5.41, 5.74) is 0.0474. The average molecular weight is 421 g/mol. The van der Waals surface area contributed by atoms with Gasteiger partial charge < -0.3 is 15.3 Å². The zero-order valence-corrected chi connectivity index (χ0v) is 17.6. The number of carboxylic acid groups (broad SMARTS) is 1. The zero-order chi connectivity index (χ0) is 21.9. The Balaban J connectivity index is 1.98. The molecule has 0 radical (unpaired) electrons. The van der Waals surface area contributed by atoms with E-state index in [1.165, 1.54) is 38.3 Å². The van der Waals surface area contributed by atoms with Crippen molar-refractivity contribution in [3.8, 4) is 0 Å². The first-order valence-corrected chi connectivity index (χ1v) is 10.5.